The van der Waals surface area contributed by atoms with Crippen molar-refractivity contribution in [3.05, 3.63) is 63.6 Å². The second-order valence-electron chi connectivity index (χ2n) is 7.43. The van der Waals surface area contributed by atoms with Gasteiger partial charge in [-0.1, -0.05) is 55.8 Å². The summed E-state index contributed by atoms with van der Waals surface area (Å²) >= 11 is 9.37. The zero-order valence-corrected chi connectivity index (χ0v) is 20.6. The first-order chi connectivity index (χ1) is 14.8. The molecule has 0 heterocycles. The van der Waals surface area contributed by atoms with E-state index in [1.807, 2.05) is 51.1 Å². The molecule has 0 radical (unpaired) electrons. The van der Waals surface area contributed by atoms with Crippen molar-refractivity contribution >= 4 is 39.3 Å². The quantitative estimate of drug-likeness (QED) is 0.450. The lowest BCUT2D eigenvalue weighted by Gasteiger charge is -2.31. The molecule has 0 aliphatic heterocycles. The summed E-state index contributed by atoms with van der Waals surface area (Å²) in [5.41, 5.74) is 1.11. The van der Waals surface area contributed by atoms with Crippen LogP contribution in [0.3, 0.4) is 0 Å². The van der Waals surface area contributed by atoms with Gasteiger partial charge in [0, 0.05) is 17.6 Å². The molecule has 5 nitrogen and oxygen atoms in total. The summed E-state index contributed by atoms with van der Waals surface area (Å²) in [6, 6.07) is 14.5. The van der Waals surface area contributed by atoms with Gasteiger partial charge in [-0.3, -0.25) is 9.59 Å². The molecule has 0 aromatic heterocycles. The lowest BCUT2D eigenvalue weighted by atomic mass is 10.1. The maximum absolute atomic E-state index is 13.2. The molecule has 0 saturated carbocycles. The van der Waals surface area contributed by atoms with Crippen LogP contribution in [-0.4, -0.2) is 41.9 Å². The maximum atomic E-state index is 13.2. The predicted molar refractivity (Wildman–Crippen MR) is 128 cm³/mol. The fraction of sp³-hybridized carbons (Fsp3) is 0.417. The van der Waals surface area contributed by atoms with E-state index >= 15 is 0 Å². The molecule has 0 fully saturated rings. The lowest BCUT2D eigenvalue weighted by Crippen LogP contribution is -2.52. The number of halogens is 2. The van der Waals surface area contributed by atoms with Gasteiger partial charge >= 0.3 is 0 Å². The molecular formula is C24H30BrClN2O3. The monoisotopic (exact) mass is 508 g/mol. The van der Waals surface area contributed by atoms with E-state index in [0.29, 0.717) is 34.6 Å². The van der Waals surface area contributed by atoms with Gasteiger partial charge in [-0.25, -0.2) is 0 Å². The second-order valence-corrected chi connectivity index (χ2v) is 8.72. The fourth-order valence-electron chi connectivity index (χ4n) is 3.15. The van der Waals surface area contributed by atoms with Crippen LogP contribution in [0.15, 0.2) is 53.0 Å². The highest BCUT2D eigenvalue weighted by Gasteiger charge is 2.29. The fourth-order valence-corrected chi connectivity index (χ4v) is 3.95. The molecule has 0 bridgehead atoms. The van der Waals surface area contributed by atoms with Crippen LogP contribution in [0.25, 0.3) is 0 Å². The highest BCUT2D eigenvalue weighted by molar-refractivity contribution is 9.10. The van der Waals surface area contributed by atoms with Gasteiger partial charge in [-0.2, -0.15) is 0 Å². The first kappa shape index (κ1) is 25.2. The van der Waals surface area contributed by atoms with E-state index in [-0.39, 0.29) is 24.5 Å². The minimum absolute atomic E-state index is 0.0499. The summed E-state index contributed by atoms with van der Waals surface area (Å²) in [4.78, 5) is 27.7. The Morgan fingerprint density at radius 2 is 1.84 bits per heavy atom. The third kappa shape index (κ3) is 7.86. The van der Waals surface area contributed by atoms with Gasteiger partial charge in [0.25, 0.3) is 5.91 Å². The average Bonchev–Trinajstić information content (AvgIpc) is 2.76. The van der Waals surface area contributed by atoms with Crippen molar-refractivity contribution < 1.29 is 14.3 Å². The van der Waals surface area contributed by atoms with E-state index in [4.69, 9.17) is 16.3 Å². The van der Waals surface area contributed by atoms with E-state index in [1.165, 1.54) is 0 Å². The number of ether oxygens (including phenoxy) is 1. The minimum Gasteiger partial charge on any atom is -0.483 e. The number of rotatable bonds is 11. The number of benzene rings is 2. The summed E-state index contributed by atoms with van der Waals surface area (Å²) in [5.74, 6) is 0.160. The van der Waals surface area contributed by atoms with Gasteiger partial charge in [0.15, 0.2) is 6.61 Å². The van der Waals surface area contributed by atoms with Gasteiger partial charge in [0.2, 0.25) is 5.91 Å². The summed E-state index contributed by atoms with van der Waals surface area (Å²) in [6.07, 6.45) is 2.01. The first-order valence-electron chi connectivity index (χ1n) is 10.6. The number of nitrogens with zero attached hydrogens (tertiary/aromatic N) is 1. The number of hydrogen-bond donors (Lipinski definition) is 1. The van der Waals surface area contributed by atoms with Crippen molar-refractivity contribution in [1.82, 2.24) is 10.2 Å². The predicted octanol–water partition coefficient (Wildman–Crippen LogP) is 5.25. The highest BCUT2D eigenvalue weighted by atomic mass is 79.9. The topological polar surface area (TPSA) is 58.6 Å². The number of amides is 2. The van der Waals surface area contributed by atoms with Crippen LogP contribution in [0.4, 0.5) is 0 Å². The van der Waals surface area contributed by atoms with Gasteiger partial charge in [-0.05, 0) is 65.9 Å². The molecule has 31 heavy (non-hydrogen) atoms. The van der Waals surface area contributed by atoms with Crippen molar-refractivity contribution in [2.24, 2.45) is 0 Å². The van der Waals surface area contributed by atoms with Crippen LogP contribution >= 0.6 is 27.5 Å². The Labute approximate surface area is 198 Å². The summed E-state index contributed by atoms with van der Waals surface area (Å²) < 4.78 is 6.41. The van der Waals surface area contributed by atoms with Gasteiger partial charge < -0.3 is 15.0 Å². The number of carbonyl (C=O) groups excluding carboxylic acids is 2. The Morgan fingerprint density at radius 1 is 1.13 bits per heavy atom. The van der Waals surface area contributed by atoms with Crippen LogP contribution < -0.4 is 10.1 Å². The molecule has 0 spiro atoms. The first-order valence-corrected chi connectivity index (χ1v) is 11.7. The molecule has 168 valence electrons. The van der Waals surface area contributed by atoms with E-state index in [0.717, 1.165) is 12.0 Å². The highest BCUT2D eigenvalue weighted by Crippen LogP contribution is 2.28. The third-order valence-electron chi connectivity index (χ3n) is 5.12. The normalized spacial score (nSPS) is 12.7. The molecule has 0 unspecified atom stereocenters. The number of hydrogen-bond acceptors (Lipinski definition) is 3. The molecule has 2 aromatic carbocycles. The molecule has 0 saturated heterocycles. The van der Waals surface area contributed by atoms with Crippen molar-refractivity contribution in [3.8, 4) is 5.75 Å². The Bertz CT molecular complexity index is 863. The summed E-state index contributed by atoms with van der Waals surface area (Å²) in [6.45, 7) is 6.16. The third-order valence-corrected chi connectivity index (χ3v) is 5.97. The van der Waals surface area contributed by atoms with E-state index in [9.17, 15) is 9.59 Å². The largest absolute Gasteiger partial charge is 0.483 e. The van der Waals surface area contributed by atoms with Crippen molar-refractivity contribution in [3.63, 3.8) is 0 Å². The van der Waals surface area contributed by atoms with Gasteiger partial charge in [-0.15, -0.1) is 0 Å². The Kier molecular flexibility index (Phi) is 10.3. The Morgan fingerprint density at radius 3 is 2.45 bits per heavy atom. The van der Waals surface area contributed by atoms with Crippen LogP contribution in [0.1, 0.15) is 39.2 Å². The van der Waals surface area contributed by atoms with Crippen molar-refractivity contribution in [2.75, 3.05) is 13.2 Å². The van der Waals surface area contributed by atoms with Crippen LogP contribution in [0.5, 0.6) is 5.75 Å². The molecule has 2 amide bonds. The second kappa shape index (κ2) is 12.7. The standard InChI is InChI=1S/C24H30BrClN2O3/c1-4-17(3)27-24(30)21(5-2)28(14-13-18-9-7-6-8-10-18)23(29)16-31-22-12-11-19(26)15-20(22)25/h6-12,15,17,21H,4-5,13-14,16H2,1-3H3,(H,27,30)/t17-,21+/m0/s1. The Hall–Kier alpha value is -2.05. The van der Waals surface area contributed by atoms with Crippen molar-refractivity contribution in [2.45, 2.75) is 52.1 Å². The molecule has 2 atom stereocenters. The molecule has 1 N–H and O–H groups in total. The average molecular weight is 510 g/mol. The van der Waals surface area contributed by atoms with E-state index in [2.05, 4.69) is 21.2 Å². The SMILES string of the molecule is CC[C@H](C(=O)N[C@@H](C)CC)N(CCc1ccccc1)C(=O)COc1ccc(Cl)cc1Br. The zero-order valence-electron chi connectivity index (χ0n) is 18.2. The van der Waals surface area contributed by atoms with Crippen LogP contribution in [-0.2, 0) is 16.0 Å². The summed E-state index contributed by atoms with van der Waals surface area (Å²) in [7, 11) is 0. The Balaban J connectivity index is 2.15. The lowest BCUT2D eigenvalue weighted by molar-refractivity contribution is -0.142. The van der Waals surface area contributed by atoms with E-state index in [1.54, 1.807) is 23.1 Å². The van der Waals surface area contributed by atoms with Crippen molar-refractivity contribution in [1.29, 1.82) is 0 Å². The number of nitrogens with one attached hydrogen (secondary N) is 1. The van der Waals surface area contributed by atoms with Crippen LogP contribution in [0, 0.1) is 0 Å². The van der Waals surface area contributed by atoms with Crippen LogP contribution in [0.2, 0.25) is 5.02 Å². The molecule has 2 aromatic rings. The van der Waals surface area contributed by atoms with Gasteiger partial charge in [0.1, 0.15) is 11.8 Å². The molecule has 0 aliphatic rings. The van der Waals surface area contributed by atoms with E-state index < -0.39 is 6.04 Å². The molecule has 7 heteroatoms. The maximum Gasteiger partial charge on any atom is 0.261 e. The minimum atomic E-state index is -0.553. The summed E-state index contributed by atoms with van der Waals surface area (Å²) in [5, 5.41) is 3.58. The zero-order chi connectivity index (χ0) is 22.8. The molecule has 0 aliphatic carbocycles. The molecule has 2 rings (SSSR count). The van der Waals surface area contributed by atoms with Gasteiger partial charge in [0.05, 0.1) is 4.47 Å². The molecular weight excluding hydrogens is 480 g/mol. The smallest absolute Gasteiger partial charge is 0.261 e. The number of carbonyl (C=O) groups is 2.